The number of nitrogens with zero attached hydrogens (tertiary/aromatic N) is 1. The average molecular weight is 237 g/mol. The molecular formula is C14H23NO2. The number of ether oxygens (including phenoxy) is 1. The standard InChI is InChI=1S/C14H23NO2/c1-10(2)12-9-15(6-3-7-17-12)13(16)11-8-14(11)4-5-14/h10-12H,3-9H2,1-2H3. The largest absolute Gasteiger partial charge is 0.376 e. The maximum absolute atomic E-state index is 12.4. The van der Waals surface area contributed by atoms with E-state index >= 15 is 0 Å². The highest BCUT2D eigenvalue weighted by Gasteiger charge is 2.66. The molecule has 1 saturated heterocycles. The summed E-state index contributed by atoms with van der Waals surface area (Å²) in [5.74, 6) is 1.28. The Hall–Kier alpha value is -0.570. The Morgan fingerprint density at radius 3 is 2.76 bits per heavy atom. The number of hydrogen-bond acceptors (Lipinski definition) is 2. The molecule has 2 unspecified atom stereocenters. The van der Waals surface area contributed by atoms with Gasteiger partial charge in [0.25, 0.3) is 0 Å². The van der Waals surface area contributed by atoms with E-state index in [4.69, 9.17) is 4.74 Å². The van der Waals surface area contributed by atoms with Crippen LogP contribution in [0.25, 0.3) is 0 Å². The lowest BCUT2D eigenvalue weighted by Gasteiger charge is -2.26. The molecule has 3 aliphatic rings. The molecule has 0 aromatic heterocycles. The molecule has 2 aliphatic carbocycles. The molecule has 0 bridgehead atoms. The zero-order valence-corrected chi connectivity index (χ0v) is 10.9. The van der Waals surface area contributed by atoms with Crippen molar-refractivity contribution in [2.75, 3.05) is 19.7 Å². The SMILES string of the molecule is CC(C)C1CN(C(=O)C2CC23CC3)CCCO1. The number of amides is 1. The molecule has 0 aromatic rings. The van der Waals surface area contributed by atoms with Crippen molar-refractivity contribution in [3.63, 3.8) is 0 Å². The Morgan fingerprint density at radius 2 is 2.18 bits per heavy atom. The third kappa shape index (κ3) is 2.10. The molecular weight excluding hydrogens is 214 g/mol. The Morgan fingerprint density at radius 1 is 1.41 bits per heavy atom. The van der Waals surface area contributed by atoms with Crippen molar-refractivity contribution in [2.24, 2.45) is 17.3 Å². The maximum Gasteiger partial charge on any atom is 0.226 e. The third-order valence-electron chi connectivity index (χ3n) is 4.74. The van der Waals surface area contributed by atoms with Gasteiger partial charge in [-0.1, -0.05) is 13.8 Å². The van der Waals surface area contributed by atoms with Crippen molar-refractivity contribution in [1.29, 1.82) is 0 Å². The lowest BCUT2D eigenvalue weighted by atomic mass is 10.1. The van der Waals surface area contributed by atoms with Crippen LogP contribution >= 0.6 is 0 Å². The van der Waals surface area contributed by atoms with E-state index in [2.05, 4.69) is 18.7 Å². The first-order chi connectivity index (χ1) is 8.12. The van der Waals surface area contributed by atoms with E-state index in [0.29, 0.717) is 23.2 Å². The summed E-state index contributed by atoms with van der Waals surface area (Å²) in [4.78, 5) is 14.5. The molecule has 1 heterocycles. The van der Waals surface area contributed by atoms with Gasteiger partial charge in [-0.15, -0.1) is 0 Å². The maximum atomic E-state index is 12.4. The third-order valence-corrected chi connectivity index (χ3v) is 4.74. The molecule has 3 nitrogen and oxygen atoms in total. The fraction of sp³-hybridized carbons (Fsp3) is 0.929. The van der Waals surface area contributed by atoms with Gasteiger partial charge >= 0.3 is 0 Å². The summed E-state index contributed by atoms with van der Waals surface area (Å²) in [6, 6.07) is 0. The van der Waals surface area contributed by atoms with Gasteiger partial charge in [0.1, 0.15) is 0 Å². The molecule has 3 rings (SSSR count). The second kappa shape index (κ2) is 3.98. The molecule has 2 atom stereocenters. The van der Waals surface area contributed by atoms with E-state index in [0.717, 1.165) is 32.5 Å². The van der Waals surface area contributed by atoms with Gasteiger partial charge in [0.05, 0.1) is 6.10 Å². The first-order valence-electron chi connectivity index (χ1n) is 7.03. The van der Waals surface area contributed by atoms with Crippen molar-refractivity contribution < 1.29 is 9.53 Å². The molecule has 3 fully saturated rings. The van der Waals surface area contributed by atoms with Crippen LogP contribution in [-0.4, -0.2) is 36.6 Å². The van der Waals surface area contributed by atoms with Crippen molar-refractivity contribution in [3.8, 4) is 0 Å². The summed E-state index contributed by atoms with van der Waals surface area (Å²) in [5.41, 5.74) is 0.484. The Balaban J connectivity index is 1.62. The molecule has 0 aromatic carbocycles. The van der Waals surface area contributed by atoms with Gasteiger partial charge in [0.2, 0.25) is 5.91 Å². The van der Waals surface area contributed by atoms with Gasteiger partial charge in [0.15, 0.2) is 0 Å². The van der Waals surface area contributed by atoms with E-state index in [9.17, 15) is 4.79 Å². The van der Waals surface area contributed by atoms with Crippen LogP contribution < -0.4 is 0 Å². The first kappa shape index (κ1) is 11.5. The summed E-state index contributed by atoms with van der Waals surface area (Å²) < 4.78 is 5.82. The molecule has 1 spiro atoms. The molecule has 1 aliphatic heterocycles. The van der Waals surface area contributed by atoms with Crippen molar-refractivity contribution in [1.82, 2.24) is 4.90 Å². The second-order valence-corrected chi connectivity index (χ2v) is 6.41. The second-order valence-electron chi connectivity index (χ2n) is 6.41. The summed E-state index contributed by atoms with van der Waals surface area (Å²) >= 11 is 0. The lowest BCUT2D eigenvalue weighted by Crippen LogP contribution is -2.39. The highest BCUT2D eigenvalue weighted by atomic mass is 16.5. The fourth-order valence-electron chi connectivity index (χ4n) is 3.09. The summed E-state index contributed by atoms with van der Waals surface area (Å²) in [7, 11) is 0. The van der Waals surface area contributed by atoms with E-state index in [-0.39, 0.29) is 6.10 Å². The van der Waals surface area contributed by atoms with E-state index < -0.39 is 0 Å². The van der Waals surface area contributed by atoms with Crippen LogP contribution in [-0.2, 0) is 9.53 Å². The van der Waals surface area contributed by atoms with Gasteiger partial charge < -0.3 is 9.64 Å². The minimum absolute atomic E-state index is 0.232. The molecule has 17 heavy (non-hydrogen) atoms. The van der Waals surface area contributed by atoms with Gasteiger partial charge in [-0.3, -0.25) is 4.79 Å². The monoisotopic (exact) mass is 237 g/mol. The van der Waals surface area contributed by atoms with Crippen LogP contribution in [0, 0.1) is 17.3 Å². The average Bonchev–Trinajstić information content (AvgIpc) is 3.19. The molecule has 3 heteroatoms. The quantitative estimate of drug-likeness (QED) is 0.735. The number of hydrogen-bond donors (Lipinski definition) is 0. The van der Waals surface area contributed by atoms with E-state index in [1.807, 2.05) is 0 Å². The molecule has 0 N–H and O–H groups in total. The highest BCUT2D eigenvalue weighted by molar-refractivity contribution is 5.83. The van der Waals surface area contributed by atoms with Crippen LogP contribution in [0.2, 0.25) is 0 Å². The highest BCUT2D eigenvalue weighted by Crippen LogP contribution is 2.70. The van der Waals surface area contributed by atoms with Gasteiger partial charge in [0, 0.05) is 25.6 Å². The normalized spacial score (nSPS) is 34.9. The van der Waals surface area contributed by atoms with Gasteiger partial charge in [-0.05, 0) is 37.0 Å². The summed E-state index contributed by atoms with van der Waals surface area (Å²) in [6.07, 6.45) is 4.97. The Kier molecular flexibility index (Phi) is 2.69. The topological polar surface area (TPSA) is 29.5 Å². The number of carbonyl (C=O) groups excluding carboxylic acids is 1. The van der Waals surface area contributed by atoms with Crippen LogP contribution in [0.15, 0.2) is 0 Å². The Labute approximate surface area is 104 Å². The molecule has 96 valence electrons. The zero-order chi connectivity index (χ0) is 12.0. The summed E-state index contributed by atoms with van der Waals surface area (Å²) in [6.45, 7) is 6.87. The van der Waals surface area contributed by atoms with Crippen molar-refractivity contribution >= 4 is 5.91 Å². The predicted octanol–water partition coefficient (Wildman–Crippen LogP) is 2.06. The Bertz CT molecular complexity index is 322. The molecule has 1 amide bonds. The smallest absolute Gasteiger partial charge is 0.226 e. The van der Waals surface area contributed by atoms with E-state index in [1.165, 1.54) is 12.8 Å². The van der Waals surface area contributed by atoms with Crippen LogP contribution in [0.5, 0.6) is 0 Å². The number of carbonyl (C=O) groups is 1. The first-order valence-corrected chi connectivity index (χ1v) is 7.03. The fourth-order valence-corrected chi connectivity index (χ4v) is 3.09. The molecule has 2 saturated carbocycles. The van der Waals surface area contributed by atoms with Crippen LogP contribution in [0.4, 0.5) is 0 Å². The minimum atomic E-state index is 0.232. The van der Waals surface area contributed by atoms with Crippen molar-refractivity contribution in [3.05, 3.63) is 0 Å². The predicted molar refractivity (Wildman–Crippen MR) is 65.5 cm³/mol. The number of rotatable bonds is 2. The van der Waals surface area contributed by atoms with Crippen LogP contribution in [0.3, 0.4) is 0 Å². The van der Waals surface area contributed by atoms with Gasteiger partial charge in [-0.25, -0.2) is 0 Å². The molecule has 0 radical (unpaired) electrons. The summed E-state index contributed by atoms with van der Waals surface area (Å²) in [5, 5.41) is 0. The van der Waals surface area contributed by atoms with Crippen LogP contribution in [0.1, 0.15) is 39.5 Å². The lowest BCUT2D eigenvalue weighted by molar-refractivity contribution is -0.134. The zero-order valence-electron chi connectivity index (χ0n) is 10.9. The van der Waals surface area contributed by atoms with E-state index in [1.54, 1.807) is 0 Å². The minimum Gasteiger partial charge on any atom is -0.376 e. The van der Waals surface area contributed by atoms with Crippen molar-refractivity contribution in [2.45, 2.75) is 45.6 Å². The van der Waals surface area contributed by atoms with Gasteiger partial charge in [-0.2, -0.15) is 0 Å².